The summed E-state index contributed by atoms with van der Waals surface area (Å²) in [6.07, 6.45) is 6.46. The largest absolute Gasteiger partial charge is 0.436 e. The van der Waals surface area contributed by atoms with E-state index in [2.05, 4.69) is 22.9 Å². The van der Waals surface area contributed by atoms with E-state index in [1.165, 1.54) is 0 Å². The fourth-order valence-corrected chi connectivity index (χ4v) is 0.525. The molecule has 0 heterocycles. The van der Waals surface area contributed by atoms with Gasteiger partial charge in [0.2, 0.25) is 0 Å². The van der Waals surface area contributed by atoms with Crippen molar-refractivity contribution in [1.29, 1.82) is 0 Å². The van der Waals surface area contributed by atoms with E-state index < -0.39 is 6.09 Å². The van der Waals surface area contributed by atoms with Crippen molar-refractivity contribution in [2.75, 3.05) is 13.2 Å². The molecule has 0 rings (SSSR count). The Morgan fingerprint density at radius 1 is 1.73 bits per heavy atom. The molecule has 0 unspecified atom stereocenters. The first-order valence-electron chi connectivity index (χ1n) is 3.65. The Bertz CT molecular complexity index is 149. The van der Waals surface area contributed by atoms with E-state index in [1.54, 1.807) is 0 Å². The summed E-state index contributed by atoms with van der Waals surface area (Å²) >= 11 is 0. The van der Waals surface area contributed by atoms with Crippen LogP contribution in [-0.4, -0.2) is 19.2 Å². The van der Waals surface area contributed by atoms with Gasteiger partial charge in [0.25, 0.3) is 0 Å². The summed E-state index contributed by atoms with van der Waals surface area (Å²) in [7, 11) is 0. The summed E-state index contributed by atoms with van der Waals surface area (Å²) < 4.78 is 4.55. The fourth-order valence-electron chi connectivity index (χ4n) is 0.525. The van der Waals surface area contributed by atoms with Crippen molar-refractivity contribution in [2.24, 2.45) is 0 Å². The molecule has 0 aliphatic carbocycles. The molecule has 0 aliphatic rings. The molecule has 1 N–H and O–H groups in total. The number of unbranched alkanes of at least 4 members (excludes halogenated alkanes) is 1. The highest BCUT2D eigenvalue weighted by atomic mass is 16.5. The van der Waals surface area contributed by atoms with Gasteiger partial charge in [-0.15, -0.1) is 6.42 Å². The lowest BCUT2D eigenvalue weighted by Crippen LogP contribution is -2.25. The van der Waals surface area contributed by atoms with Gasteiger partial charge in [-0.25, -0.2) is 4.79 Å². The molecule has 0 aliphatic heterocycles. The standard InChI is InChI=1S/C8H13NO2/c1-3-5-6-9-8(10)11-7-4-2/h2H,3,5-7H2,1H3,(H,9,10). The number of carbonyl (C=O) groups is 1. The number of terminal acetylenes is 1. The molecule has 0 saturated heterocycles. The van der Waals surface area contributed by atoms with Gasteiger partial charge < -0.3 is 10.1 Å². The molecule has 0 aromatic heterocycles. The second kappa shape index (κ2) is 6.94. The molecule has 3 nitrogen and oxygen atoms in total. The Labute approximate surface area is 67.1 Å². The maximum Gasteiger partial charge on any atom is 0.408 e. The van der Waals surface area contributed by atoms with Gasteiger partial charge in [-0.2, -0.15) is 0 Å². The zero-order valence-corrected chi connectivity index (χ0v) is 6.72. The minimum absolute atomic E-state index is 0.0396. The maximum atomic E-state index is 10.6. The minimum Gasteiger partial charge on any atom is -0.436 e. The van der Waals surface area contributed by atoms with Gasteiger partial charge in [0, 0.05) is 6.54 Å². The first-order valence-corrected chi connectivity index (χ1v) is 3.65. The Kier molecular flexibility index (Phi) is 6.20. The van der Waals surface area contributed by atoms with E-state index in [0.29, 0.717) is 6.54 Å². The normalized spacial score (nSPS) is 8.36. The predicted octanol–water partition coefficient (Wildman–Crippen LogP) is 1.15. The predicted molar refractivity (Wildman–Crippen MR) is 43.1 cm³/mol. The summed E-state index contributed by atoms with van der Waals surface area (Å²) in [5, 5.41) is 2.56. The van der Waals surface area contributed by atoms with Gasteiger partial charge in [0.05, 0.1) is 0 Å². The minimum atomic E-state index is -0.434. The monoisotopic (exact) mass is 155 g/mol. The van der Waals surface area contributed by atoms with Gasteiger partial charge >= 0.3 is 6.09 Å². The van der Waals surface area contributed by atoms with E-state index >= 15 is 0 Å². The van der Waals surface area contributed by atoms with Gasteiger partial charge in [-0.05, 0) is 6.42 Å². The first kappa shape index (κ1) is 9.83. The van der Waals surface area contributed by atoms with Crippen molar-refractivity contribution < 1.29 is 9.53 Å². The Morgan fingerprint density at radius 3 is 3.00 bits per heavy atom. The Hall–Kier alpha value is -1.17. The summed E-state index contributed by atoms with van der Waals surface area (Å²) in [5.41, 5.74) is 0. The summed E-state index contributed by atoms with van der Waals surface area (Å²) in [4.78, 5) is 10.6. The fraction of sp³-hybridized carbons (Fsp3) is 0.625. The molecule has 0 aromatic rings. The van der Waals surface area contributed by atoms with Crippen LogP contribution in [-0.2, 0) is 4.74 Å². The van der Waals surface area contributed by atoms with Gasteiger partial charge in [0.1, 0.15) is 0 Å². The molecule has 0 atom stereocenters. The van der Waals surface area contributed by atoms with Crippen LogP contribution in [0.25, 0.3) is 0 Å². The average molecular weight is 155 g/mol. The van der Waals surface area contributed by atoms with Crippen LogP contribution < -0.4 is 5.32 Å². The topological polar surface area (TPSA) is 38.3 Å². The molecule has 0 aromatic carbocycles. The average Bonchev–Trinajstić information content (AvgIpc) is 2.01. The highest BCUT2D eigenvalue weighted by molar-refractivity contribution is 5.67. The van der Waals surface area contributed by atoms with E-state index in [4.69, 9.17) is 6.42 Å². The number of rotatable bonds is 4. The SMILES string of the molecule is C#CCOC(=O)NCCCC. The third-order valence-electron chi connectivity index (χ3n) is 1.09. The third-order valence-corrected chi connectivity index (χ3v) is 1.09. The smallest absolute Gasteiger partial charge is 0.408 e. The first-order chi connectivity index (χ1) is 5.31. The molecule has 0 spiro atoms. The third kappa shape index (κ3) is 6.72. The van der Waals surface area contributed by atoms with Crippen LogP contribution in [0.3, 0.4) is 0 Å². The van der Waals surface area contributed by atoms with Crippen LogP contribution in [0.15, 0.2) is 0 Å². The van der Waals surface area contributed by atoms with Gasteiger partial charge in [-0.3, -0.25) is 0 Å². The highest BCUT2D eigenvalue weighted by Gasteiger charge is 1.96. The van der Waals surface area contributed by atoms with E-state index in [-0.39, 0.29) is 6.61 Å². The van der Waals surface area contributed by atoms with Crippen molar-refractivity contribution in [3.8, 4) is 12.3 Å². The highest BCUT2D eigenvalue weighted by Crippen LogP contribution is 1.83. The number of carbonyl (C=O) groups excluding carboxylic acids is 1. The molecule has 3 heteroatoms. The summed E-state index contributed by atoms with van der Waals surface area (Å²) in [5.74, 6) is 2.21. The second-order valence-corrected chi connectivity index (χ2v) is 2.06. The van der Waals surface area contributed by atoms with Crippen molar-refractivity contribution in [1.82, 2.24) is 5.32 Å². The second-order valence-electron chi connectivity index (χ2n) is 2.06. The molecule has 0 radical (unpaired) electrons. The van der Waals surface area contributed by atoms with Crippen LogP contribution >= 0.6 is 0 Å². The number of amides is 1. The van der Waals surface area contributed by atoms with Crippen LogP contribution in [0, 0.1) is 12.3 Å². The van der Waals surface area contributed by atoms with E-state index in [9.17, 15) is 4.79 Å². The molecule has 11 heavy (non-hydrogen) atoms. The van der Waals surface area contributed by atoms with Gasteiger partial charge in [0.15, 0.2) is 6.61 Å². The lowest BCUT2D eigenvalue weighted by molar-refractivity contribution is 0.160. The summed E-state index contributed by atoms with van der Waals surface area (Å²) in [6.45, 7) is 2.74. The number of alkyl carbamates (subject to hydrolysis) is 1. The van der Waals surface area contributed by atoms with Crippen molar-refractivity contribution >= 4 is 6.09 Å². The van der Waals surface area contributed by atoms with E-state index in [0.717, 1.165) is 12.8 Å². The van der Waals surface area contributed by atoms with Crippen LogP contribution in [0.4, 0.5) is 4.79 Å². The lowest BCUT2D eigenvalue weighted by atomic mass is 10.3. The molecule has 0 bridgehead atoms. The molecule has 0 saturated carbocycles. The molecule has 62 valence electrons. The zero-order valence-electron chi connectivity index (χ0n) is 6.72. The van der Waals surface area contributed by atoms with Crippen molar-refractivity contribution in [2.45, 2.75) is 19.8 Å². The van der Waals surface area contributed by atoms with E-state index in [1.807, 2.05) is 0 Å². The van der Waals surface area contributed by atoms with Crippen molar-refractivity contribution in [3.63, 3.8) is 0 Å². The zero-order chi connectivity index (χ0) is 8.53. The number of hydrogen-bond donors (Lipinski definition) is 1. The molecular formula is C8H13NO2. The van der Waals surface area contributed by atoms with Crippen LogP contribution in [0.5, 0.6) is 0 Å². The Balaban J connectivity index is 3.17. The molecular weight excluding hydrogens is 142 g/mol. The van der Waals surface area contributed by atoms with Crippen LogP contribution in [0.2, 0.25) is 0 Å². The van der Waals surface area contributed by atoms with Crippen LogP contribution in [0.1, 0.15) is 19.8 Å². The quantitative estimate of drug-likeness (QED) is 0.488. The maximum absolute atomic E-state index is 10.6. The number of nitrogens with one attached hydrogen (secondary N) is 1. The summed E-state index contributed by atoms with van der Waals surface area (Å²) in [6, 6.07) is 0. The number of hydrogen-bond acceptors (Lipinski definition) is 2. The van der Waals surface area contributed by atoms with Crippen molar-refractivity contribution in [3.05, 3.63) is 0 Å². The molecule has 1 amide bonds. The Morgan fingerprint density at radius 2 is 2.45 bits per heavy atom. The number of ether oxygens (including phenoxy) is 1. The lowest BCUT2D eigenvalue weighted by Gasteiger charge is -2.02. The van der Waals surface area contributed by atoms with Gasteiger partial charge in [-0.1, -0.05) is 19.3 Å². The molecule has 0 fully saturated rings.